The molecule has 1 rings (SSSR count). The Morgan fingerprint density at radius 1 is 1.65 bits per heavy atom. The second kappa shape index (κ2) is 5.78. The Morgan fingerprint density at radius 3 is 2.88 bits per heavy atom. The summed E-state index contributed by atoms with van der Waals surface area (Å²) >= 11 is 0. The van der Waals surface area contributed by atoms with Crippen LogP contribution in [0.15, 0.2) is 17.3 Å². The van der Waals surface area contributed by atoms with E-state index in [1.54, 1.807) is 6.92 Å². The molecule has 0 fully saturated rings. The summed E-state index contributed by atoms with van der Waals surface area (Å²) < 4.78 is 25.7. The summed E-state index contributed by atoms with van der Waals surface area (Å²) in [5, 5.41) is 14.4. The molecule has 0 aliphatic heterocycles. The highest BCUT2D eigenvalue weighted by molar-refractivity contribution is 7.89. The molecule has 0 aliphatic carbocycles. The van der Waals surface area contributed by atoms with Crippen molar-refractivity contribution in [2.45, 2.75) is 24.8 Å². The molecule has 7 nitrogen and oxygen atoms in total. The molecule has 1 aromatic rings. The lowest BCUT2D eigenvalue weighted by atomic mass is 10.1. The Labute approximate surface area is 99.3 Å². The van der Waals surface area contributed by atoms with Gasteiger partial charge in [0, 0.05) is 13.0 Å². The zero-order chi connectivity index (χ0) is 12.9. The molecule has 0 saturated heterocycles. The minimum Gasteiger partial charge on any atom is -0.481 e. The van der Waals surface area contributed by atoms with Crippen LogP contribution in [-0.4, -0.2) is 36.2 Å². The molecule has 0 spiro atoms. The largest absolute Gasteiger partial charge is 0.481 e. The number of aliphatic carboxylic acids is 1. The van der Waals surface area contributed by atoms with Gasteiger partial charge in [-0.3, -0.25) is 9.89 Å². The maximum atomic E-state index is 11.6. The van der Waals surface area contributed by atoms with E-state index in [9.17, 15) is 13.2 Å². The van der Waals surface area contributed by atoms with Crippen LogP contribution >= 0.6 is 0 Å². The van der Waals surface area contributed by atoms with Crippen molar-refractivity contribution in [3.05, 3.63) is 12.3 Å². The molecule has 3 N–H and O–H groups in total. The van der Waals surface area contributed by atoms with Gasteiger partial charge in [-0.2, -0.15) is 5.10 Å². The van der Waals surface area contributed by atoms with Crippen LogP contribution in [0.2, 0.25) is 0 Å². The van der Waals surface area contributed by atoms with E-state index in [1.165, 1.54) is 12.3 Å². The number of sulfonamides is 1. The van der Waals surface area contributed by atoms with Gasteiger partial charge in [0.2, 0.25) is 0 Å². The SMILES string of the molecule is CC(CCC(=O)O)CNS(=O)(=O)c1ccn[nH]1. The molecule has 8 heteroatoms. The van der Waals surface area contributed by atoms with E-state index >= 15 is 0 Å². The van der Waals surface area contributed by atoms with E-state index in [0.29, 0.717) is 6.42 Å². The third-order valence-electron chi connectivity index (χ3n) is 2.24. The van der Waals surface area contributed by atoms with Crippen molar-refractivity contribution in [3.8, 4) is 0 Å². The topological polar surface area (TPSA) is 112 Å². The van der Waals surface area contributed by atoms with Gasteiger partial charge in [-0.05, 0) is 18.4 Å². The van der Waals surface area contributed by atoms with Gasteiger partial charge in [-0.1, -0.05) is 6.92 Å². The number of aromatic nitrogens is 2. The highest BCUT2D eigenvalue weighted by Gasteiger charge is 2.16. The van der Waals surface area contributed by atoms with Crippen molar-refractivity contribution in [1.82, 2.24) is 14.9 Å². The molecule has 1 unspecified atom stereocenters. The zero-order valence-corrected chi connectivity index (χ0v) is 10.2. The summed E-state index contributed by atoms with van der Waals surface area (Å²) in [4.78, 5) is 10.3. The summed E-state index contributed by atoms with van der Waals surface area (Å²) in [5.41, 5.74) is 0. The molecule has 17 heavy (non-hydrogen) atoms. The Bertz CT molecular complexity index is 455. The van der Waals surface area contributed by atoms with Crippen molar-refractivity contribution >= 4 is 16.0 Å². The molecule has 96 valence electrons. The predicted octanol–water partition coefficient (Wildman–Crippen LogP) is 0.189. The van der Waals surface area contributed by atoms with Crippen LogP contribution in [0.3, 0.4) is 0 Å². The van der Waals surface area contributed by atoms with Gasteiger partial charge in [0.25, 0.3) is 10.0 Å². The highest BCUT2D eigenvalue weighted by atomic mass is 32.2. The number of nitrogens with zero attached hydrogens (tertiary/aromatic N) is 1. The van der Waals surface area contributed by atoms with Gasteiger partial charge in [0.05, 0.1) is 6.20 Å². The first-order chi connectivity index (χ1) is 7.92. The van der Waals surface area contributed by atoms with E-state index in [1.807, 2.05) is 0 Å². The first kappa shape index (κ1) is 13.7. The lowest BCUT2D eigenvalue weighted by molar-refractivity contribution is -0.137. The number of rotatable bonds is 7. The number of carboxylic acids is 1. The molecule has 1 atom stereocenters. The Morgan fingerprint density at radius 2 is 2.35 bits per heavy atom. The molecule has 1 heterocycles. The lowest BCUT2D eigenvalue weighted by Crippen LogP contribution is -2.29. The Hall–Kier alpha value is -1.41. The summed E-state index contributed by atoms with van der Waals surface area (Å²) in [6, 6.07) is 1.35. The second-order valence-electron chi connectivity index (χ2n) is 3.81. The Kier molecular flexibility index (Phi) is 4.64. The van der Waals surface area contributed by atoms with E-state index in [4.69, 9.17) is 5.11 Å². The fraction of sp³-hybridized carbons (Fsp3) is 0.556. The van der Waals surface area contributed by atoms with Crippen LogP contribution in [0.5, 0.6) is 0 Å². The third-order valence-corrected chi connectivity index (χ3v) is 3.59. The van der Waals surface area contributed by atoms with Gasteiger partial charge >= 0.3 is 5.97 Å². The molecule has 0 radical (unpaired) electrons. The molecule has 0 amide bonds. The first-order valence-corrected chi connectivity index (χ1v) is 6.61. The molecular formula is C9H15N3O4S. The molecule has 1 aromatic heterocycles. The maximum Gasteiger partial charge on any atom is 0.303 e. The third kappa shape index (κ3) is 4.53. The van der Waals surface area contributed by atoms with Crippen LogP contribution in [-0.2, 0) is 14.8 Å². The molecule has 0 bridgehead atoms. The van der Waals surface area contributed by atoms with Gasteiger partial charge in [-0.25, -0.2) is 13.1 Å². The van der Waals surface area contributed by atoms with E-state index in [2.05, 4.69) is 14.9 Å². The fourth-order valence-electron chi connectivity index (χ4n) is 1.19. The van der Waals surface area contributed by atoms with Crippen LogP contribution in [0, 0.1) is 5.92 Å². The number of hydrogen-bond acceptors (Lipinski definition) is 4. The van der Waals surface area contributed by atoms with Gasteiger partial charge in [-0.15, -0.1) is 0 Å². The number of carboxylic acid groups (broad SMARTS) is 1. The summed E-state index contributed by atoms with van der Waals surface area (Å²) in [6.07, 6.45) is 1.82. The minimum atomic E-state index is -3.57. The fourth-order valence-corrected chi connectivity index (χ4v) is 2.27. The van der Waals surface area contributed by atoms with Gasteiger partial charge < -0.3 is 5.11 Å². The van der Waals surface area contributed by atoms with E-state index < -0.39 is 16.0 Å². The summed E-state index contributed by atoms with van der Waals surface area (Å²) in [7, 11) is -3.57. The quantitative estimate of drug-likeness (QED) is 0.648. The standard InChI is InChI=1S/C9H15N3O4S/c1-7(2-3-9(13)14)6-11-17(15,16)8-4-5-10-12-8/h4-5,7,11H,2-3,6H2,1H3,(H,10,12)(H,13,14). The van der Waals surface area contributed by atoms with Crippen molar-refractivity contribution < 1.29 is 18.3 Å². The molecule has 0 aliphatic rings. The monoisotopic (exact) mass is 261 g/mol. The van der Waals surface area contributed by atoms with Gasteiger partial charge in [0.1, 0.15) is 0 Å². The van der Waals surface area contributed by atoms with Crippen LogP contribution in [0.4, 0.5) is 0 Å². The van der Waals surface area contributed by atoms with E-state index in [-0.39, 0.29) is 23.9 Å². The number of nitrogens with one attached hydrogen (secondary N) is 2. The number of aromatic amines is 1. The molecule has 0 saturated carbocycles. The second-order valence-corrected chi connectivity index (χ2v) is 5.55. The highest BCUT2D eigenvalue weighted by Crippen LogP contribution is 2.07. The average molecular weight is 261 g/mol. The number of H-pyrrole nitrogens is 1. The molecule has 0 aromatic carbocycles. The predicted molar refractivity (Wildman–Crippen MR) is 59.8 cm³/mol. The van der Waals surface area contributed by atoms with Crippen molar-refractivity contribution in [2.24, 2.45) is 5.92 Å². The van der Waals surface area contributed by atoms with Gasteiger partial charge in [0.15, 0.2) is 5.03 Å². The van der Waals surface area contributed by atoms with Crippen molar-refractivity contribution in [1.29, 1.82) is 0 Å². The first-order valence-electron chi connectivity index (χ1n) is 5.12. The normalized spacial score (nSPS) is 13.5. The van der Waals surface area contributed by atoms with Crippen LogP contribution < -0.4 is 4.72 Å². The molecular weight excluding hydrogens is 246 g/mol. The summed E-state index contributed by atoms with van der Waals surface area (Å²) in [5.74, 6) is -0.919. The van der Waals surface area contributed by atoms with Crippen LogP contribution in [0.25, 0.3) is 0 Å². The number of hydrogen-bond donors (Lipinski definition) is 3. The average Bonchev–Trinajstić information content (AvgIpc) is 2.77. The van der Waals surface area contributed by atoms with E-state index in [0.717, 1.165) is 0 Å². The maximum absolute atomic E-state index is 11.6. The van der Waals surface area contributed by atoms with Crippen molar-refractivity contribution in [2.75, 3.05) is 6.54 Å². The van der Waals surface area contributed by atoms with Crippen LogP contribution in [0.1, 0.15) is 19.8 Å². The number of carbonyl (C=O) groups is 1. The minimum absolute atomic E-state index is 0.00272. The zero-order valence-electron chi connectivity index (χ0n) is 9.38. The summed E-state index contributed by atoms with van der Waals surface area (Å²) in [6.45, 7) is 1.99. The lowest BCUT2D eigenvalue weighted by Gasteiger charge is -2.10. The Balaban J connectivity index is 2.43. The smallest absolute Gasteiger partial charge is 0.303 e. The van der Waals surface area contributed by atoms with Crippen molar-refractivity contribution in [3.63, 3.8) is 0 Å².